The van der Waals surface area contributed by atoms with Crippen LogP contribution in [0.25, 0.3) is 0 Å². The van der Waals surface area contributed by atoms with E-state index in [1.54, 1.807) is 14.2 Å². The summed E-state index contributed by atoms with van der Waals surface area (Å²) in [5.41, 5.74) is 4.18. The van der Waals surface area contributed by atoms with Crippen molar-refractivity contribution in [3.05, 3.63) is 59.2 Å². The minimum absolute atomic E-state index is 0. The fraction of sp³-hybridized carbons (Fsp3) is 0.400. The third-order valence-electron chi connectivity index (χ3n) is 4.62. The third-order valence-corrected chi connectivity index (χ3v) is 4.62. The molecule has 0 aromatic heterocycles. The summed E-state index contributed by atoms with van der Waals surface area (Å²) in [5, 5.41) is 0. The summed E-state index contributed by atoms with van der Waals surface area (Å²) in [6.45, 7) is 3.31. The number of methoxy groups -OCH3 is 2. The first-order valence-electron chi connectivity index (χ1n) is 8.30. The Hall–Kier alpha value is -1.71. The molecule has 0 bridgehead atoms. The zero-order valence-electron chi connectivity index (χ0n) is 14.5. The maximum atomic E-state index is 5.43. The van der Waals surface area contributed by atoms with E-state index in [0.717, 1.165) is 50.4 Å². The average Bonchev–Trinajstić information content (AvgIpc) is 2.61. The van der Waals surface area contributed by atoms with Crippen LogP contribution < -0.4 is 9.47 Å². The molecular formula is C20H26ClNO2. The quantitative estimate of drug-likeness (QED) is 0.784. The summed E-state index contributed by atoms with van der Waals surface area (Å²) in [7, 11) is 3.48. The Bertz CT molecular complexity index is 660. The van der Waals surface area contributed by atoms with Crippen LogP contribution in [-0.4, -0.2) is 32.2 Å². The van der Waals surface area contributed by atoms with Crippen molar-refractivity contribution in [2.24, 2.45) is 0 Å². The van der Waals surface area contributed by atoms with Crippen LogP contribution in [0.15, 0.2) is 42.5 Å². The third kappa shape index (κ3) is 4.43. The highest BCUT2D eigenvalue weighted by atomic mass is 35.5. The minimum atomic E-state index is 0. The molecule has 2 aromatic carbocycles. The normalized spacial score (nSPS) is 13.8. The van der Waals surface area contributed by atoms with Crippen LogP contribution in [0.5, 0.6) is 11.5 Å². The van der Waals surface area contributed by atoms with Gasteiger partial charge in [-0.3, -0.25) is 4.90 Å². The molecule has 0 saturated carbocycles. The molecule has 0 saturated heterocycles. The van der Waals surface area contributed by atoms with E-state index in [9.17, 15) is 0 Å². The molecule has 24 heavy (non-hydrogen) atoms. The molecule has 0 N–H and O–H groups in total. The number of nitrogens with zero attached hydrogens (tertiary/aromatic N) is 1. The molecule has 0 amide bonds. The summed E-state index contributed by atoms with van der Waals surface area (Å²) >= 11 is 0. The lowest BCUT2D eigenvalue weighted by Gasteiger charge is -2.29. The Morgan fingerprint density at radius 3 is 2.62 bits per heavy atom. The van der Waals surface area contributed by atoms with E-state index in [4.69, 9.17) is 9.47 Å². The number of aryl methyl sites for hydroxylation is 1. The molecule has 0 unspecified atom stereocenters. The molecule has 130 valence electrons. The number of para-hydroxylation sites is 1. The standard InChI is InChI=1S/C20H25NO2.ClH/c1-22-19-10-9-18-15-21(13-11-17(18)14-19)12-5-7-16-6-3-4-8-20(16)23-2;/h3-4,6,8-10,14H,5,7,11-13,15H2,1-2H3;1H. The van der Waals surface area contributed by atoms with Crippen LogP contribution in [0.3, 0.4) is 0 Å². The Morgan fingerprint density at radius 2 is 1.83 bits per heavy atom. The number of benzene rings is 2. The fourth-order valence-electron chi connectivity index (χ4n) is 3.31. The molecule has 0 aliphatic carbocycles. The number of hydrogen-bond donors (Lipinski definition) is 0. The van der Waals surface area contributed by atoms with Gasteiger partial charge in [0.1, 0.15) is 11.5 Å². The van der Waals surface area contributed by atoms with Gasteiger partial charge in [-0.05, 0) is 60.7 Å². The average molecular weight is 348 g/mol. The summed E-state index contributed by atoms with van der Waals surface area (Å²) in [4.78, 5) is 2.55. The number of halogens is 1. The summed E-state index contributed by atoms with van der Waals surface area (Å²) < 4.78 is 10.7. The van der Waals surface area contributed by atoms with E-state index in [0.29, 0.717) is 0 Å². The summed E-state index contributed by atoms with van der Waals surface area (Å²) in [5.74, 6) is 1.97. The molecule has 0 atom stereocenters. The predicted octanol–water partition coefficient (Wildman–Crippen LogP) is 4.12. The van der Waals surface area contributed by atoms with Crippen molar-refractivity contribution >= 4 is 12.4 Å². The van der Waals surface area contributed by atoms with Crippen molar-refractivity contribution in [3.8, 4) is 11.5 Å². The first kappa shape index (κ1) is 18.6. The lowest BCUT2D eigenvalue weighted by Crippen LogP contribution is -2.31. The molecule has 0 spiro atoms. The molecule has 1 heterocycles. The van der Waals surface area contributed by atoms with Crippen LogP contribution in [0.2, 0.25) is 0 Å². The molecule has 1 aliphatic rings. The zero-order chi connectivity index (χ0) is 16.1. The fourth-order valence-corrected chi connectivity index (χ4v) is 3.31. The van der Waals surface area contributed by atoms with Crippen molar-refractivity contribution in [3.63, 3.8) is 0 Å². The second-order valence-electron chi connectivity index (χ2n) is 6.08. The smallest absolute Gasteiger partial charge is 0.122 e. The van der Waals surface area contributed by atoms with E-state index >= 15 is 0 Å². The van der Waals surface area contributed by atoms with Crippen molar-refractivity contribution in [1.82, 2.24) is 4.90 Å². The van der Waals surface area contributed by atoms with Gasteiger partial charge < -0.3 is 9.47 Å². The van der Waals surface area contributed by atoms with Gasteiger partial charge in [-0.25, -0.2) is 0 Å². The van der Waals surface area contributed by atoms with Crippen molar-refractivity contribution in [1.29, 1.82) is 0 Å². The molecule has 0 fully saturated rings. The number of fused-ring (bicyclic) bond motifs is 1. The van der Waals surface area contributed by atoms with Crippen molar-refractivity contribution < 1.29 is 9.47 Å². The molecule has 2 aromatic rings. The topological polar surface area (TPSA) is 21.7 Å². The Labute approximate surface area is 151 Å². The predicted molar refractivity (Wildman–Crippen MR) is 101 cm³/mol. The van der Waals surface area contributed by atoms with Gasteiger partial charge in [0.05, 0.1) is 14.2 Å². The van der Waals surface area contributed by atoms with Gasteiger partial charge in [0, 0.05) is 13.1 Å². The molecule has 1 aliphatic heterocycles. The van der Waals surface area contributed by atoms with E-state index in [1.807, 2.05) is 12.1 Å². The van der Waals surface area contributed by atoms with Gasteiger partial charge in [-0.2, -0.15) is 0 Å². The number of rotatable bonds is 6. The largest absolute Gasteiger partial charge is 0.497 e. The lowest BCUT2D eigenvalue weighted by atomic mass is 9.99. The lowest BCUT2D eigenvalue weighted by molar-refractivity contribution is 0.250. The maximum Gasteiger partial charge on any atom is 0.122 e. The maximum absolute atomic E-state index is 5.43. The van der Waals surface area contributed by atoms with Gasteiger partial charge in [0.25, 0.3) is 0 Å². The van der Waals surface area contributed by atoms with Crippen LogP contribution in [-0.2, 0) is 19.4 Å². The van der Waals surface area contributed by atoms with Gasteiger partial charge in [-0.15, -0.1) is 12.4 Å². The van der Waals surface area contributed by atoms with Gasteiger partial charge in [0.15, 0.2) is 0 Å². The van der Waals surface area contributed by atoms with Gasteiger partial charge in [-0.1, -0.05) is 24.3 Å². The van der Waals surface area contributed by atoms with Crippen LogP contribution in [0.1, 0.15) is 23.1 Å². The van der Waals surface area contributed by atoms with Crippen molar-refractivity contribution in [2.45, 2.75) is 25.8 Å². The number of hydrogen-bond acceptors (Lipinski definition) is 3. The van der Waals surface area contributed by atoms with E-state index in [2.05, 4.69) is 35.2 Å². The molecule has 3 nitrogen and oxygen atoms in total. The Morgan fingerprint density at radius 1 is 1.00 bits per heavy atom. The monoisotopic (exact) mass is 347 g/mol. The van der Waals surface area contributed by atoms with Crippen LogP contribution >= 0.6 is 12.4 Å². The summed E-state index contributed by atoms with van der Waals surface area (Å²) in [6, 6.07) is 14.8. The highest BCUT2D eigenvalue weighted by Gasteiger charge is 2.16. The van der Waals surface area contributed by atoms with E-state index in [-0.39, 0.29) is 12.4 Å². The Kier molecular flexibility index (Phi) is 6.95. The summed E-state index contributed by atoms with van der Waals surface area (Å²) in [6.07, 6.45) is 3.34. The second-order valence-corrected chi connectivity index (χ2v) is 6.08. The molecule has 0 radical (unpaired) electrons. The van der Waals surface area contributed by atoms with E-state index in [1.165, 1.54) is 16.7 Å². The van der Waals surface area contributed by atoms with E-state index < -0.39 is 0 Å². The molecular weight excluding hydrogens is 322 g/mol. The second kappa shape index (κ2) is 8.95. The number of ether oxygens (including phenoxy) is 2. The Balaban J connectivity index is 0.00000208. The van der Waals surface area contributed by atoms with Crippen LogP contribution in [0, 0.1) is 0 Å². The van der Waals surface area contributed by atoms with Crippen LogP contribution in [0.4, 0.5) is 0 Å². The van der Waals surface area contributed by atoms with Gasteiger partial charge >= 0.3 is 0 Å². The first-order chi connectivity index (χ1) is 11.3. The van der Waals surface area contributed by atoms with Gasteiger partial charge in [0.2, 0.25) is 0 Å². The SMILES string of the molecule is COc1ccc2c(c1)CCN(CCCc1ccccc1OC)C2.Cl. The van der Waals surface area contributed by atoms with Crippen molar-refractivity contribution in [2.75, 3.05) is 27.3 Å². The zero-order valence-corrected chi connectivity index (χ0v) is 15.3. The molecule has 4 heteroatoms. The first-order valence-corrected chi connectivity index (χ1v) is 8.30. The highest BCUT2D eigenvalue weighted by molar-refractivity contribution is 5.85. The highest BCUT2D eigenvalue weighted by Crippen LogP contribution is 2.24. The minimum Gasteiger partial charge on any atom is -0.497 e. The molecule has 3 rings (SSSR count).